The Balaban J connectivity index is 2.03. The van der Waals surface area contributed by atoms with Crippen molar-refractivity contribution in [2.75, 3.05) is 0 Å². The van der Waals surface area contributed by atoms with Gasteiger partial charge in [0.2, 0.25) is 0 Å². The third-order valence-corrected chi connectivity index (χ3v) is 5.26. The van der Waals surface area contributed by atoms with Crippen molar-refractivity contribution in [3.63, 3.8) is 0 Å². The van der Waals surface area contributed by atoms with Crippen molar-refractivity contribution in [1.82, 2.24) is 4.98 Å². The number of rotatable bonds is 1. The largest absolute Gasteiger partial charge is 0.422 e. The van der Waals surface area contributed by atoms with E-state index in [2.05, 4.69) is 0 Å². The highest BCUT2D eigenvalue weighted by Gasteiger charge is 2.27. The molecule has 0 bridgehead atoms. The van der Waals surface area contributed by atoms with Crippen molar-refractivity contribution in [2.24, 2.45) is 0 Å². The minimum Gasteiger partial charge on any atom is -0.422 e. The number of aryl methyl sites for hydroxylation is 2. The molecule has 5 rings (SSSR count). The molecule has 0 atom stereocenters. The number of nitrogens with zero attached hydrogens (tertiary/aromatic N) is 1. The van der Waals surface area contributed by atoms with Gasteiger partial charge in [0.25, 0.3) is 0 Å². The third-order valence-electron chi connectivity index (χ3n) is 5.26. The lowest BCUT2D eigenvalue weighted by Crippen LogP contribution is -2.17. The number of aromatic nitrogens is 1. The van der Waals surface area contributed by atoms with Gasteiger partial charge in [-0.05, 0) is 37.5 Å². The molecule has 0 radical (unpaired) electrons. The van der Waals surface area contributed by atoms with Crippen LogP contribution >= 0.6 is 0 Å². The first-order chi connectivity index (χ1) is 13.1. The van der Waals surface area contributed by atoms with Crippen molar-refractivity contribution in [3.05, 3.63) is 75.8 Å². The molecule has 4 nitrogen and oxygen atoms in total. The normalized spacial score (nSPS) is 13.9. The lowest BCUT2D eigenvalue weighted by atomic mass is 9.86. The molecule has 132 valence electrons. The van der Waals surface area contributed by atoms with Crippen LogP contribution in [0.2, 0.25) is 0 Å². The fourth-order valence-electron chi connectivity index (χ4n) is 3.96. The average Bonchev–Trinajstić information content (AvgIpc) is 2.68. The number of fused-ring (bicyclic) bond motifs is 4. The van der Waals surface area contributed by atoms with E-state index in [1.165, 1.54) is 0 Å². The number of carbonyl (C=O) groups is 1. The van der Waals surface area contributed by atoms with Crippen LogP contribution in [-0.4, -0.2) is 10.8 Å². The number of pyridine rings is 1. The van der Waals surface area contributed by atoms with E-state index in [1.807, 2.05) is 49.4 Å². The number of ketones is 1. The Labute approximate surface area is 155 Å². The highest BCUT2D eigenvalue weighted by molar-refractivity contribution is 6.15. The van der Waals surface area contributed by atoms with E-state index in [1.54, 1.807) is 6.07 Å². The molecule has 0 amide bonds. The Morgan fingerprint density at radius 2 is 1.70 bits per heavy atom. The first kappa shape index (κ1) is 15.9. The highest BCUT2D eigenvalue weighted by atomic mass is 16.4. The van der Waals surface area contributed by atoms with E-state index >= 15 is 0 Å². The summed E-state index contributed by atoms with van der Waals surface area (Å²) in [6, 6.07) is 15.3. The summed E-state index contributed by atoms with van der Waals surface area (Å²) in [6.07, 6.45) is 2.01. The molecular formula is C23H17NO3. The number of Topliss-reactive ketones (excluding diaryl/α,β-unsaturated/α-hetero) is 1. The molecule has 4 aromatic rings. The molecule has 0 N–H and O–H groups in total. The van der Waals surface area contributed by atoms with E-state index in [0.29, 0.717) is 34.0 Å². The van der Waals surface area contributed by atoms with Gasteiger partial charge in [0.05, 0.1) is 16.6 Å². The first-order valence-corrected chi connectivity index (χ1v) is 9.12. The van der Waals surface area contributed by atoms with Crippen molar-refractivity contribution < 1.29 is 9.21 Å². The summed E-state index contributed by atoms with van der Waals surface area (Å²) in [5.41, 5.74) is 4.68. The van der Waals surface area contributed by atoms with Crippen molar-refractivity contribution in [2.45, 2.75) is 26.2 Å². The predicted octanol–water partition coefficient (Wildman–Crippen LogP) is 4.84. The van der Waals surface area contributed by atoms with E-state index in [4.69, 9.17) is 9.40 Å². The van der Waals surface area contributed by atoms with Crippen LogP contribution in [0, 0.1) is 6.92 Å². The molecule has 27 heavy (non-hydrogen) atoms. The van der Waals surface area contributed by atoms with Gasteiger partial charge in [-0.15, -0.1) is 0 Å². The zero-order valence-corrected chi connectivity index (χ0v) is 14.9. The molecule has 1 aliphatic carbocycles. The minimum atomic E-state index is -0.451. The maximum Gasteiger partial charge on any atom is 0.346 e. The highest BCUT2D eigenvalue weighted by Crippen LogP contribution is 2.37. The lowest BCUT2D eigenvalue weighted by molar-refractivity contribution is 0.0972. The molecule has 0 unspecified atom stereocenters. The van der Waals surface area contributed by atoms with Gasteiger partial charge in [-0.1, -0.05) is 42.0 Å². The molecule has 2 heterocycles. The van der Waals surface area contributed by atoms with Crippen LogP contribution < -0.4 is 5.63 Å². The van der Waals surface area contributed by atoms with Gasteiger partial charge in [-0.3, -0.25) is 9.78 Å². The van der Waals surface area contributed by atoms with Crippen molar-refractivity contribution in [3.8, 4) is 11.1 Å². The smallest absolute Gasteiger partial charge is 0.346 e. The first-order valence-electron chi connectivity index (χ1n) is 9.12. The summed E-state index contributed by atoms with van der Waals surface area (Å²) in [4.78, 5) is 30.5. The van der Waals surface area contributed by atoms with Crippen molar-refractivity contribution in [1.29, 1.82) is 0 Å². The Hall–Kier alpha value is -3.27. The summed E-state index contributed by atoms with van der Waals surface area (Å²) in [7, 11) is 0. The Morgan fingerprint density at radius 1 is 0.926 bits per heavy atom. The van der Waals surface area contributed by atoms with Crippen molar-refractivity contribution >= 4 is 27.7 Å². The number of para-hydroxylation sites is 1. The quantitative estimate of drug-likeness (QED) is 0.362. The number of benzene rings is 2. The molecule has 0 saturated heterocycles. The van der Waals surface area contributed by atoms with Gasteiger partial charge in [0.15, 0.2) is 5.78 Å². The second-order valence-corrected chi connectivity index (χ2v) is 7.06. The molecule has 2 aromatic heterocycles. The number of hydrogen-bond donors (Lipinski definition) is 0. The number of hydrogen-bond acceptors (Lipinski definition) is 4. The molecule has 4 heteroatoms. The summed E-state index contributed by atoms with van der Waals surface area (Å²) in [5, 5.41) is 1.19. The predicted molar refractivity (Wildman–Crippen MR) is 105 cm³/mol. The maximum absolute atomic E-state index is 12.9. The topological polar surface area (TPSA) is 60.2 Å². The van der Waals surface area contributed by atoms with Gasteiger partial charge in [-0.25, -0.2) is 4.79 Å². The third kappa shape index (κ3) is 2.40. The standard InChI is InChI=1S/C23H17NO3/c1-13-9-11-14(12-10-13)19-20-16(6-4-7-17(20)25)24-22-15-5-2-3-8-18(15)27-23(26)21(19)22/h2-3,5,8-12H,4,6-7H2,1H3. The van der Waals surface area contributed by atoms with Crippen LogP contribution in [0.4, 0.5) is 0 Å². The van der Waals surface area contributed by atoms with Gasteiger partial charge in [0.1, 0.15) is 5.58 Å². The zero-order valence-electron chi connectivity index (χ0n) is 14.9. The summed E-state index contributed by atoms with van der Waals surface area (Å²) in [6.45, 7) is 2.01. The monoisotopic (exact) mass is 355 g/mol. The molecular weight excluding hydrogens is 338 g/mol. The van der Waals surface area contributed by atoms with E-state index in [9.17, 15) is 9.59 Å². The summed E-state index contributed by atoms with van der Waals surface area (Å²) >= 11 is 0. The maximum atomic E-state index is 12.9. The summed E-state index contributed by atoms with van der Waals surface area (Å²) in [5.74, 6) is 0.0498. The van der Waals surface area contributed by atoms with Crippen LogP contribution in [0.15, 0.2) is 57.7 Å². The second-order valence-electron chi connectivity index (χ2n) is 7.06. The molecule has 0 saturated carbocycles. The van der Waals surface area contributed by atoms with Gasteiger partial charge in [0, 0.05) is 22.9 Å². The van der Waals surface area contributed by atoms with E-state index in [0.717, 1.165) is 35.0 Å². The van der Waals surface area contributed by atoms with Gasteiger partial charge < -0.3 is 4.42 Å². The van der Waals surface area contributed by atoms with Crippen LogP contribution in [-0.2, 0) is 6.42 Å². The zero-order chi connectivity index (χ0) is 18.5. The van der Waals surface area contributed by atoms with Crippen LogP contribution in [0.3, 0.4) is 0 Å². The fourth-order valence-corrected chi connectivity index (χ4v) is 3.96. The minimum absolute atomic E-state index is 0.0498. The Morgan fingerprint density at radius 3 is 2.52 bits per heavy atom. The van der Waals surface area contributed by atoms with Gasteiger partial charge in [-0.2, -0.15) is 0 Å². The van der Waals surface area contributed by atoms with Gasteiger partial charge >= 0.3 is 5.63 Å². The molecule has 0 spiro atoms. The van der Waals surface area contributed by atoms with E-state index in [-0.39, 0.29) is 5.78 Å². The van der Waals surface area contributed by atoms with Crippen LogP contribution in [0.5, 0.6) is 0 Å². The Kier molecular flexibility index (Phi) is 3.47. The summed E-state index contributed by atoms with van der Waals surface area (Å²) < 4.78 is 5.58. The van der Waals surface area contributed by atoms with E-state index < -0.39 is 5.63 Å². The van der Waals surface area contributed by atoms with Crippen LogP contribution in [0.25, 0.3) is 33.0 Å². The second kappa shape index (κ2) is 5.88. The molecule has 0 fully saturated rings. The SMILES string of the molecule is Cc1ccc(-c2c3c(nc4c2c(=O)oc2ccccc24)CCCC3=O)cc1. The Bertz CT molecular complexity index is 1280. The lowest BCUT2D eigenvalue weighted by Gasteiger charge is -2.20. The fraction of sp³-hybridized carbons (Fsp3) is 0.174. The van der Waals surface area contributed by atoms with Crippen LogP contribution in [0.1, 0.15) is 34.5 Å². The average molecular weight is 355 g/mol. The number of carbonyl (C=O) groups excluding carboxylic acids is 1. The molecule has 2 aromatic carbocycles. The molecule has 0 aliphatic heterocycles. The molecule has 1 aliphatic rings.